The molecule has 7 nitrogen and oxygen atoms in total. The SMILES string of the molecule is O=C(CCN1CCCC1)Nc1ccc2cc3ccc(NC(=O)CCN4CCCC4)cc3[nH+]c2c1.[I-]. The van der Waals surface area contributed by atoms with Crippen LogP contribution in [0.15, 0.2) is 42.5 Å². The standard InChI is InChI=1S/C27H33N5O2.HI/c33-26(9-15-31-11-1-2-12-31)28-22-7-5-20-17-21-6-8-23(19-25(21)30-24(20)18-22)29-27(34)10-16-32-13-3-4-14-32;/h5-8,17-19H,1-4,9-16H2,(H,28,33)(H,29,34);1H. The molecule has 2 fully saturated rings. The Morgan fingerprint density at radius 3 is 1.54 bits per heavy atom. The van der Waals surface area contributed by atoms with Gasteiger partial charge in [-0.05, 0) is 82.2 Å². The van der Waals surface area contributed by atoms with Crippen molar-refractivity contribution in [1.29, 1.82) is 0 Å². The van der Waals surface area contributed by atoms with Crippen LogP contribution in [0.3, 0.4) is 0 Å². The van der Waals surface area contributed by atoms with E-state index in [1.807, 2.05) is 36.4 Å². The van der Waals surface area contributed by atoms with Crippen molar-refractivity contribution < 1.29 is 38.5 Å². The maximum atomic E-state index is 12.4. The summed E-state index contributed by atoms with van der Waals surface area (Å²) in [5.74, 6) is 0.0944. The average molecular weight is 588 g/mol. The van der Waals surface area contributed by atoms with Crippen molar-refractivity contribution in [3.63, 3.8) is 0 Å². The number of aromatic nitrogens is 1. The molecule has 0 aliphatic carbocycles. The van der Waals surface area contributed by atoms with E-state index in [1.165, 1.54) is 25.7 Å². The first-order valence-corrected chi connectivity index (χ1v) is 12.6. The van der Waals surface area contributed by atoms with Gasteiger partial charge in [-0.25, -0.2) is 4.98 Å². The summed E-state index contributed by atoms with van der Waals surface area (Å²) in [5.41, 5.74) is 3.48. The number of fused-ring (bicyclic) bond motifs is 2. The zero-order valence-electron chi connectivity index (χ0n) is 20.1. The van der Waals surface area contributed by atoms with Crippen LogP contribution in [0.25, 0.3) is 21.8 Å². The van der Waals surface area contributed by atoms with Crippen LogP contribution < -0.4 is 39.6 Å². The van der Waals surface area contributed by atoms with Crippen LogP contribution in [0.2, 0.25) is 0 Å². The highest BCUT2D eigenvalue weighted by Crippen LogP contribution is 2.22. The second-order valence-corrected chi connectivity index (χ2v) is 9.57. The number of nitrogens with one attached hydrogen (secondary N) is 3. The average Bonchev–Trinajstić information content (AvgIpc) is 3.54. The fourth-order valence-electron chi connectivity index (χ4n) is 5.03. The van der Waals surface area contributed by atoms with Gasteiger partial charge in [0.25, 0.3) is 0 Å². The molecule has 8 heteroatoms. The van der Waals surface area contributed by atoms with E-state index >= 15 is 0 Å². The minimum atomic E-state index is 0. The Balaban J connectivity index is 0.00000289. The van der Waals surface area contributed by atoms with Crippen LogP contribution in [-0.4, -0.2) is 60.9 Å². The number of likely N-dealkylation sites (tertiary alicyclic amines) is 2. The molecule has 3 aromatic rings. The van der Waals surface area contributed by atoms with Gasteiger partial charge < -0.3 is 44.4 Å². The number of carbonyl (C=O) groups is 2. The highest BCUT2D eigenvalue weighted by atomic mass is 127. The van der Waals surface area contributed by atoms with E-state index in [-0.39, 0.29) is 35.8 Å². The number of H-pyrrole nitrogens is 1. The molecular formula is C27H34IN5O2. The van der Waals surface area contributed by atoms with Crippen molar-refractivity contribution in [2.75, 3.05) is 49.9 Å². The van der Waals surface area contributed by atoms with Crippen molar-refractivity contribution in [1.82, 2.24) is 9.80 Å². The Morgan fingerprint density at radius 1 is 0.686 bits per heavy atom. The van der Waals surface area contributed by atoms with Crippen LogP contribution in [0.4, 0.5) is 11.4 Å². The van der Waals surface area contributed by atoms with Crippen LogP contribution >= 0.6 is 0 Å². The molecule has 3 heterocycles. The van der Waals surface area contributed by atoms with Gasteiger partial charge in [0.15, 0.2) is 0 Å². The molecule has 2 aromatic carbocycles. The van der Waals surface area contributed by atoms with E-state index in [2.05, 4.69) is 31.5 Å². The maximum Gasteiger partial charge on any atom is 0.225 e. The van der Waals surface area contributed by atoms with Crippen molar-refractivity contribution in [2.24, 2.45) is 0 Å². The monoisotopic (exact) mass is 587 g/mol. The number of benzene rings is 2. The highest BCUT2D eigenvalue weighted by molar-refractivity contribution is 5.97. The third kappa shape index (κ3) is 6.89. The molecule has 2 aliphatic rings. The van der Waals surface area contributed by atoms with Crippen molar-refractivity contribution in [3.8, 4) is 0 Å². The van der Waals surface area contributed by atoms with Gasteiger partial charge in [0.05, 0.1) is 0 Å². The summed E-state index contributed by atoms with van der Waals surface area (Å²) in [5, 5.41) is 8.22. The number of nitrogens with zero attached hydrogens (tertiary/aromatic N) is 2. The lowest BCUT2D eigenvalue weighted by Crippen LogP contribution is -3.00. The lowest BCUT2D eigenvalue weighted by atomic mass is 10.1. The summed E-state index contributed by atoms with van der Waals surface area (Å²) in [4.78, 5) is 33.0. The largest absolute Gasteiger partial charge is 1.00 e. The number of hydrogen-bond acceptors (Lipinski definition) is 4. The summed E-state index contributed by atoms with van der Waals surface area (Å²) in [7, 11) is 0. The van der Waals surface area contributed by atoms with Gasteiger partial charge in [-0.15, -0.1) is 0 Å². The molecular weight excluding hydrogens is 553 g/mol. The lowest BCUT2D eigenvalue weighted by Gasteiger charge is -2.14. The van der Waals surface area contributed by atoms with Crippen molar-refractivity contribution in [2.45, 2.75) is 38.5 Å². The van der Waals surface area contributed by atoms with E-state index in [9.17, 15) is 9.59 Å². The zero-order valence-corrected chi connectivity index (χ0v) is 22.3. The van der Waals surface area contributed by atoms with Crippen LogP contribution in [0.1, 0.15) is 38.5 Å². The normalized spacial score (nSPS) is 16.5. The van der Waals surface area contributed by atoms with Gasteiger partial charge in [-0.3, -0.25) is 9.59 Å². The Labute approximate surface area is 223 Å². The summed E-state index contributed by atoms with van der Waals surface area (Å²) >= 11 is 0. The van der Waals surface area contributed by atoms with Crippen LogP contribution in [0, 0.1) is 0 Å². The van der Waals surface area contributed by atoms with Crippen LogP contribution in [-0.2, 0) is 9.59 Å². The number of pyridine rings is 1. The predicted molar refractivity (Wildman–Crippen MR) is 136 cm³/mol. The molecule has 35 heavy (non-hydrogen) atoms. The van der Waals surface area contributed by atoms with Gasteiger partial charge >= 0.3 is 0 Å². The Hall–Kier alpha value is -2.30. The van der Waals surface area contributed by atoms with Gasteiger partial charge in [-0.1, -0.05) is 0 Å². The second-order valence-electron chi connectivity index (χ2n) is 9.57. The molecule has 0 radical (unpaired) electrons. The fraction of sp³-hybridized carbons (Fsp3) is 0.444. The van der Waals surface area contributed by atoms with E-state index < -0.39 is 0 Å². The minimum Gasteiger partial charge on any atom is -1.00 e. The zero-order chi connectivity index (χ0) is 23.3. The molecule has 186 valence electrons. The molecule has 2 aliphatic heterocycles. The molecule has 0 unspecified atom stereocenters. The van der Waals surface area contributed by atoms with E-state index in [4.69, 9.17) is 0 Å². The van der Waals surface area contributed by atoms with E-state index in [0.717, 1.165) is 72.4 Å². The first kappa shape index (κ1) is 25.8. The number of hydrogen-bond donors (Lipinski definition) is 2. The Morgan fingerprint density at radius 2 is 1.11 bits per heavy atom. The number of aromatic amines is 1. The number of amides is 2. The molecule has 3 N–H and O–H groups in total. The molecule has 1 aromatic heterocycles. The summed E-state index contributed by atoms with van der Waals surface area (Å²) in [6, 6.07) is 14.0. The van der Waals surface area contributed by atoms with Gasteiger partial charge in [0.2, 0.25) is 22.8 Å². The molecule has 0 bridgehead atoms. The Bertz CT molecular complexity index is 1100. The van der Waals surface area contributed by atoms with Crippen molar-refractivity contribution in [3.05, 3.63) is 42.5 Å². The molecule has 0 atom stereocenters. The first-order chi connectivity index (χ1) is 16.6. The topological polar surface area (TPSA) is 78.8 Å². The van der Waals surface area contributed by atoms with Crippen molar-refractivity contribution >= 4 is 45.0 Å². The smallest absolute Gasteiger partial charge is 0.225 e. The minimum absolute atomic E-state index is 0. The summed E-state index contributed by atoms with van der Waals surface area (Å²) in [6.07, 6.45) is 5.97. The molecule has 0 saturated carbocycles. The first-order valence-electron chi connectivity index (χ1n) is 12.6. The fourth-order valence-corrected chi connectivity index (χ4v) is 5.03. The number of rotatable bonds is 8. The molecule has 5 rings (SSSR count). The molecule has 2 amide bonds. The third-order valence-corrected chi connectivity index (χ3v) is 6.96. The quantitative estimate of drug-likeness (QED) is 0.300. The third-order valence-electron chi connectivity index (χ3n) is 6.96. The number of carbonyl (C=O) groups excluding carboxylic acids is 2. The summed E-state index contributed by atoms with van der Waals surface area (Å²) < 4.78 is 0. The molecule has 2 saturated heterocycles. The Kier molecular flexibility index (Phi) is 8.91. The second kappa shape index (κ2) is 12.1. The molecule has 0 spiro atoms. The lowest BCUT2D eigenvalue weighted by molar-refractivity contribution is -0.310. The summed E-state index contributed by atoms with van der Waals surface area (Å²) in [6.45, 7) is 6.06. The predicted octanol–water partition coefficient (Wildman–Crippen LogP) is 0.660. The van der Waals surface area contributed by atoms with Gasteiger partial charge in [0.1, 0.15) is 0 Å². The van der Waals surface area contributed by atoms with Gasteiger partial charge in [-0.2, -0.15) is 0 Å². The van der Waals surface area contributed by atoms with Crippen LogP contribution in [0.5, 0.6) is 0 Å². The number of anilines is 2. The van der Waals surface area contributed by atoms with Gasteiger partial charge in [0, 0.05) is 60.2 Å². The maximum absolute atomic E-state index is 12.4. The van der Waals surface area contributed by atoms with E-state index in [1.54, 1.807) is 0 Å². The highest BCUT2D eigenvalue weighted by Gasteiger charge is 2.15. The van der Waals surface area contributed by atoms with E-state index in [0.29, 0.717) is 12.8 Å². The number of halogens is 1.